The van der Waals surface area contributed by atoms with E-state index in [-0.39, 0.29) is 0 Å². The first-order valence-electron chi connectivity index (χ1n) is 5.71. The zero-order chi connectivity index (χ0) is 9.80. The molecule has 1 nitrogen and oxygen atoms in total. The van der Waals surface area contributed by atoms with Crippen LogP contribution >= 0.6 is 0 Å². The van der Waals surface area contributed by atoms with Crippen LogP contribution in [0.15, 0.2) is 18.2 Å². The number of fused-ring (bicyclic) bond motifs is 1. The Balaban J connectivity index is 2.12. The molecule has 0 amide bonds. The lowest BCUT2D eigenvalue weighted by Crippen LogP contribution is -2.23. The summed E-state index contributed by atoms with van der Waals surface area (Å²) in [5, 5.41) is 3.42. The van der Waals surface area contributed by atoms with Crippen molar-refractivity contribution in [3.8, 4) is 0 Å². The van der Waals surface area contributed by atoms with Gasteiger partial charge in [-0.15, -0.1) is 0 Å². The SMILES string of the molecule is CCCCc1ccc2c(c1)CNCC2. The molecule has 0 saturated carbocycles. The lowest BCUT2D eigenvalue weighted by Gasteiger charge is -2.17. The fourth-order valence-electron chi connectivity index (χ4n) is 2.07. The molecule has 0 aliphatic carbocycles. The van der Waals surface area contributed by atoms with Gasteiger partial charge in [0.1, 0.15) is 0 Å². The summed E-state index contributed by atoms with van der Waals surface area (Å²) < 4.78 is 0. The molecule has 1 aromatic rings. The number of benzene rings is 1. The first-order chi connectivity index (χ1) is 6.90. The van der Waals surface area contributed by atoms with Gasteiger partial charge in [0.25, 0.3) is 0 Å². The van der Waals surface area contributed by atoms with Crippen LogP contribution in [-0.4, -0.2) is 6.54 Å². The van der Waals surface area contributed by atoms with Crippen LogP contribution in [0.2, 0.25) is 0 Å². The van der Waals surface area contributed by atoms with Gasteiger partial charge in [-0.25, -0.2) is 0 Å². The van der Waals surface area contributed by atoms with Gasteiger partial charge in [0, 0.05) is 6.54 Å². The molecule has 0 bridgehead atoms. The Hall–Kier alpha value is -0.820. The second-order valence-corrected chi connectivity index (χ2v) is 4.13. The molecule has 0 unspecified atom stereocenters. The second kappa shape index (κ2) is 4.61. The molecule has 0 radical (unpaired) electrons. The molecule has 0 saturated heterocycles. The number of hydrogen-bond acceptors (Lipinski definition) is 1. The summed E-state index contributed by atoms with van der Waals surface area (Å²) in [7, 11) is 0. The van der Waals surface area contributed by atoms with Crippen molar-refractivity contribution in [2.75, 3.05) is 6.54 Å². The summed E-state index contributed by atoms with van der Waals surface area (Å²) in [6.07, 6.45) is 5.04. The van der Waals surface area contributed by atoms with E-state index in [1.165, 1.54) is 36.8 Å². The van der Waals surface area contributed by atoms with Crippen LogP contribution in [0.1, 0.15) is 36.5 Å². The highest BCUT2D eigenvalue weighted by molar-refractivity contribution is 5.33. The number of hydrogen-bond donors (Lipinski definition) is 1. The van der Waals surface area contributed by atoms with E-state index in [0.29, 0.717) is 0 Å². The highest BCUT2D eigenvalue weighted by atomic mass is 14.9. The van der Waals surface area contributed by atoms with E-state index < -0.39 is 0 Å². The quantitative estimate of drug-likeness (QED) is 0.771. The lowest BCUT2D eigenvalue weighted by atomic mass is 9.97. The fourth-order valence-corrected chi connectivity index (χ4v) is 2.07. The third-order valence-electron chi connectivity index (χ3n) is 2.98. The van der Waals surface area contributed by atoms with E-state index in [1.807, 2.05) is 0 Å². The average Bonchev–Trinajstić information content (AvgIpc) is 2.26. The third-order valence-corrected chi connectivity index (χ3v) is 2.98. The molecule has 1 aliphatic rings. The average molecular weight is 189 g/mol. The molecule has 0 spiro atoms. The van der Waals surface area contributed by atoms with Gasteiger partial charge in [0.2, 0.25) is 0 Å². The van der Waals surface area contributed by atoms with Gasteiger partial charge < -0.3 is 5.32 Å². The number of unbranched alkanes of at least 4 members (excludes halogenated alkanes) is 1. The Kier molecular flexibility index (Phi) is 3.20. The first kappa shape index (κ1) is 9.72. The Bertz CT molecular complexity index is 304. The summed E-state index contributed by atoms with van der Waals surface area (Å²) in [6, 6.07) is 7.01. The predicted octanol–water partition coefficient (Wildman–Crippen LogP) is 2.67. The number of nitrogens with one attached hydrogen (secondary N) is 1. The highest BCUT2D eigenvalue weighted by Gasteiger charge is 2.08. The molecule has 0 fully saturated rings. The van der Waals surface area contributed by atoms with Gasteiger partial charge in [-0.05, 0) is 42.5 Å². The van der Waals surface area contributed by atoms with Gasteiger partial charge in [-0.1, -0.05) is 31.5 Å². The molecule has 1 aromatic carbocycles. The number of rotatable bonds is 3. The van der Waals surface area contributed by atoms with Gasteiger partial charge in [-0.2, -0.15) is 0 Å². The summed E-state index contributed by atoms with van der Waals surface area (Å²) in [4.78, 5) is 0. The normalized spacial score (nSPS) is 15.2. The second-order valence-electron chi connectivity index (χ2n) is 4.13. The Morgan fingerprint density at radius 2 is 2.21 bits per heavy atom. The lowest BCUT2D eigenvalue weighted by molar-refractivity contribution is 0.642. The van der Waals surface area contributed by atoms with Crippen LogP contribution in [-0.2, 0) is 19.4 Å². The van der Waals surface area contributed by atoms with Crippen LogP contribution < -0.4 is 5.32 Å². The minimum Gasteiger partial charge on any atom is -0.312 e. The van der Waals surface area contributed by atoms with Crippen LogP contribution in [0, 0.1) is 0 Å². The van der Waals surface area contributed by atoms with E-state index in [4.69, 9.17) is 0 Å². The van der Waals surface area contributed by atoms with Crippen LogP contribution in [0.5, 0.6) is 0 Å². The molecule has 1 heteroatoms. The molecular weight excluding hydrogens is 170 g/mol. The fraction of sp³-hybridized carbons (Fsp3) is 0.538. The van der Waals surface area contributed by atoms with Gasteiger partial charge in [0.15, 0.2) is 0 Å². The Morgan fingerprint density at radius 1 is 1.29 bits per heavy atom. The van der Waals surface area contributed by atoms with Gasteiger partial charge >= 0.3 is 0 Å². The van der Waals surface area contributed by atoms with E-state index in [2.05, 4.69) is 30.4 Å². The van der Waals surface area contributed by atoms with Crippen molar-refractivity contribution >= 4 is 0 Å². The van der Waals surface area contributed by atoms with Crippen molar-refractivity contribution in [2.45, 2.75) is 39.2 Å². The Morgan fingerprint density at radius 3 is 3.07 bits per heavy atom. The minimum atomic E-state index is 1.06. The Labute approximate surface area is 86.5 Å². The third kappa shape index (κ3) is 2.16. The minimum absolute atomic E-state index is 1.06. The standard InChI is InChI=1S/C13H19N/c1-2-3-4-11-5-6-12-7-8-14-10-13(12)9-11/h5-6,9,14H,2-4,7-8,10H2,1H3. The maximum Gasteiger partial charge on any atom is 0.0208 e. The van der Waals surface area contributed by atoms with E-state index in [1.54, 1.807) is 5.56 Å². The maximum atomic E-state index is 3.42. The molecule has 0 atom stereocenters. The molecule has 1 N–H and O–H groups in total. The topological polar surface area (TPSA) is 12.0 Å². The zero-order valence-corrected chi connectivity index (χ0v) is 8.97. The van der Waals surface area contributed by atoms with Crippen LogP contribution in [0.3, 0.4) is 0 Å². The summed E-state index contributed by atoms with van der Waals surface area (Å²) >= 11 is 0. The molecule has 1 aliphatic heterocycles. The van der Waals surface area contributed by atoms with Crippen molar-refractivity contribution in [2.24, 2.45) is 0 Å². The van der Waals surface area contributed by atoms with Crippen molar-refractivity contribution in [1.82, 2.24) is 5.32 Å². The monoisotopic (exact) mass is 189 g/mol. The maximum absolute atomic E-state index is 3.42. The molecule has 76 valence electrons. The molecule has 14 heavy (non-hydrogen) atoms. The van der Waals surface area contributed by atoms with Crippen molar-refractivity contribution in [3.05, 3.63) is 34.9 Å². The largest absolute Gasteiger partial charge is 0.312 e. The molecular formula is C13H19N. The molecule has 0 aromatic heterocycles. The highest BCUT2D eigenvalue weighted by Crippen LogP contribution is 2.17. The smallest absolute Gasteiger partial charge is 0.0208 e. The predicted molar refractivity (Wildman–Crippen MR) is 60.5 cm³/mol. The van der Waals surface area contributed by atoms with Crippen molar-refractivity contribution in [1.29, 1.82) is 0 Å². The summed E-state index contributed by atoms with van der Waals surface area (Å²) in [5.74, 6) is 0. The summed E-state index contributed by atoms with van der Waals surface area (Å²) in [6.45, 7) is 4.45. The van der Waals surface area contributed by atoms with E-state index in [9.17, 15) is 0 Å². The van der Waals surface area contributed by atoms with Crippen molar-refractivity contribution < 1.29 is 0 Å². The summed E-state index contributed by atoms with van der Waals surface area (Å²) in [5.41, 5.74) is 4.57. The molecule has 1 heterocycles. The van der Waals surface area contributed by atoms with E-state index >= 15 is 0 Å². The van der Waals surface area contributed by atoms with Crippen LogP contribution in [0.25, 0.3) is 0 Å². The number of aryl methyl sites for hydroxylation is 1. The van der Waals surface area contributed by atoms with Gasteiger partial charge in [0.05, 0.1) is 0 Å². The van der Waals surface area contributed by atoms with Gasteiger partial charge in [-0.3, -0.25) is 0 Å². The molecule has 2 rings (SSSR count). The first-order valence-corrected chi connectivity index (χ1v) is 5.71. The van der Waals surface area contributed by atoms with E-state index in [0.717, 1.165) is 13.1 Å². The van der Waals surface area contributed by atoms with Crippen LogP contribution in [0.4, 0.5) is 0 Å². The zero-order valence-electron chi connectivity index (χ0n) is 8.97. The van der Waals surface area contributed by atoms with Crippen molar-refractivity contribution in [3.63, 3.8) is 0 Å².